The van der Waals surface area contributed by atoms with Crippen molar-refractivity contribution in [2.24, 2.45) is 5.92 Å². The highest BCUT2D eigenvalue weighted by Crippen LogP contribution is 2.16. The van der Waals surface area contributed by atoms with Gasteiger partial charge in [0.2, 0.25) is 5.95 Å². The summed E-state index contributed by atoms with van der Waals surface area (Å²) in [6.45, 7) is 8.87. The van der Waals surface area contributed by atoms with Gasteiger partial charge in [-0.1, -0.05) is 25.4 Å². The molecule has 2 rings (SSSR count). The molecule has 1 aliphatic rings. The van der Waals surface area contributed by atoms with Crippen LogP contribution in [0.2, 0.25) is 5.15 Å². The third-order valence-electron chi connectivity index (χ3n) is 3.54. The van der Waals surface area contributed by atoms with E-state index in [0.717, 1.165) is 39.3 Å². The zero-order valence-electron chi connectivity index (χ0n) is 12.7. The number of nitrogen functional groups attached to an aromatic ring is 1. The lowest BCUT2D eigenvalue weighted by Gasteiger charge is -2.35. The van der Waals surface area contributed by atoms with Crippen LogP contribution in [-0.2, 0) is 4.74 Å². The van der Waals surface area contributed by atoms with Gasteiger partial charge in [-0.25, -0.2) is 4.98 Å². The summed E-state index contributed by atoms with van der Waals surface area (Å²) < 4.78 is 5.43. The predicted molar refractivity (Wildman–Crippen MR) is 85.6 cm³/mol. The van der Waals surface area contributed by atoms with Crippen LogP contribution in [0.5, 0.6) is 0 Å². The molecule has 1 aliphatic heterocycles. The summed E-state index contributed by atoms with van der Waals surface area (Å²) in [5, 5.41) is 3.69. The van der Waals surface area contributed by atoms with Gasteiger partial charge >= 0.3 is 0 Å². The molecular weight excluding hydrogens is 290 g/mol. The number of halogens is 1. The van der Waals surface area contributed by atoms with E-state index in [4.69, 9.17) is 22.1 Å². The summed E-state index contributed by atoms with van der Waals surface area (Å²) >= 11 is 5.90. The number of hydrogen-bond acceptors (Lipinski definition) is 6. The van der Waals surface area contributed by atoms with Crippen LogP contribution in [-0.4, -0.2) is 53.8 Å². The topological polar surface area (TPSA) is 76.3 Å². The van der Waals surface area contributed by atoms with Gasteiger partial charge < -0.3 is 15.8 Å². The average Bonchev–Trinajstić information content (AvgIpc) is 2.43. The van der Waals surface area contributed by atoms with Crippen LogP contribution in [0.4, 0.5) is 11.8 Å². The minimum absolute atomic E-state index is 0.191. The molecule has 0 aromatic carbocycles. The Bertz CT molecular complexity index is 431. The lowest BCUT2D eigenvalue weighted by molar-refractivity contribution is 0.0150. The number of hydrogen-bond donors (Lipinski definition) is 2. The van der Waals surface area contributed by atoms with Gasteiger partial charge in [-0.3, -0.25) is 4.90 Å². The number of nitrogens with two attached hydrogens (primary N) is 1. The number of aromatic nitrogens is 2. The van der Waals surface area contributed by atoms with Gasteiger partial charge in [0.05, 0.1) is 13.2 Å². The molecular formula is C14H24ClN5O. The molecule has 118 valence electrons. The van der Waals surface area contributed by atoms with Crippen molar-refractivity contribution in [3.05, 3.63) is 11.2 Å². The zero-order valence-corrected chi connectivity index (χ0v) is 13.4. The number of anilines is 2. The van der Waals surface area contributed by atoms with Gasteiger partial charge in [0.15, 0.2) is 0 Å². The number of rotatable bonds is 6. The van der Waals surface area contributed by atoms with E-state index < -0.39 is 0 Å². The molecule has 3 N–H and O–H groups in total. The zero-order chi connectivity index (χ0) is 15.2. The van der Waals surface area contributed by atoms with Crippen LogP contribution in [0.15, 0.2) is 6.07 Å². The van der Waals surface area contributed by atoms with Crippen LogP contribution in [0.3, 0.4) is 0 Å². The third-order valence-corrected chi connectivity index (χ3v) is 3.73. The smallest absolute Gasteiger partial charge is 0.223 e. The quantitative estimate of drug-likeness (QED) is 0.781. The van der Waals surface area contributed by atoms with Crippen LogP contribution in [0.1, 0.15) is 20.3 Å². The Morgan fingerprint density at radius 1 is 1.38 bits per heavy atom. The van der Waals surface area contributed by atoms with Crippen LogP contribution >= 0.6 is 11.6 Å². The van der Waals surface area contributed by atoms with Crippen molar-refractivity contribution in [2.45, 2.75) is 26.3 Å². The first kappa shape index (κ1) is 16.3. The Balaban J connectivity index is 1.97. The molecule has 0 saturated carbocycles. The Kier molecular flexibility index (Phi) is 6.02. The third kappa shape index (κ3) is 5.30. The van der Waals surface area contributed by atoms with Crippen molar-refractivity contribution in [3.8, 4) is 0 Å². The minimum atomic E-state index is 0.191. The van der Waals surface area contributed by atoms with Crippen LogP contribution in [0.25, 0.3) is 0 Å². The van der Waals surface area contributed by atoms with E-state index in [1.54, 1.807) is 6.07 Å². The summed E-state index contributed by atoms with van der Waals surface area (Å²) in [6.07, 6.45) is 1.13. The van der Waals surface area contributed by atoms with Crippen molar-refractivity contribution in [2.75, 3.05) is 43.9 Å². The maximum Gasteiger partial charge on any atom is 0.223 e. The van der Waals surface area contributed by atoms with E-state index in [1.807, 2.05) is 0 Å². The summed E-state index contributed by atoms with van der Waals surface area (Å²) in [7, 11) is 0. The molecule has 21 heavy (non-hydrogen) atoms. The molecule has 1 aromatic heterocycles. The molecule has 1 fully saturated rings. The van der Waals surface area contributed by atoms with Gasteiger partial charge in [0.25, 0.3) is 0 Å². The normalized spacial score (nSPS) is 17.9. The van der Waals surface area contributed by atoms with Gasteiger partial charge in [-0.15, -0.1) is 0 Å². The summed E-state index contributed by atoms with van der Waals surface area (Å²) in [5.41, 5.74) is 5.62. The molecule has 1 atom stereocenters. The van der Waals surface area contributed by atoms with E-state index >= 15 is 0 Å². The standard InChI is InChI=1S/C14H24ClN5O/c1-10(2)7-11(20-3-5-21-6-4-20)9-17-13-8-12(15)18-14(16)19-13/h8,10-11H,3-7,9H2,1-2H3,(H3,16,17,18,19)/t11-/m1/s1. The first-order valence-corrected chi connectivity index (χ1v) is 7.78. The summed E-state index contributed by atoms with van der Waals surface area (Å²) in [4.78, 5) is 10.5. The Labute approximate surface area is 131 Å². The SMILES string of the molecule is CC(C)C[C@H](CNc1cc(Cl)nc(N)n1)N1CCOCC1. The van der Waals surface area contributed by atoms with Crippen molar-refractivity contribution >= 4 is 23.4 Å². The fourth-order valence-electron chi connectivity index (χ4n) is 2.60. The fourth-order valence-corrected chi connectivity index (χ4v) is 2.79. The van der Waals surface area contributed by atoms with E-state index in [1.165, 1.54) is 0 Å². The molecule has 1 saturated heterocycles. The van der Waals surface area contributed by atoms with Gasteiger partial charge in [-0.2, -0.15) is 4.98 Å². The lowest BCUT2D eigenvalue weighted by Crippen LogP contribution is -2.47. The van der Waals surface area contributed by atoms with Crippen molar-refractivity contribution in [1.82, 2.24) is 14.9 Å². The second-order valence-corrected chi connectivity index (χ2v) is 6.13. The Hall–Kier alpha value is -1.11. The largest absolute Gasteiger partial charge is 0.379 e. The first-order valence-electron chi connectivity index (χ1n) is 7.40. The van der Waals surface area contributed by atoms with Crippen LogP contribution in [0, 0.1) is 5.92 Å². The molecule has 1 aromatic rings. The highest BCUT2D eigenvalue weighted by atomic mass is 35.5. The highest BCUT2D eigenvalue weighted by Gasteiger charge is 2.21. The van der Waals surface area contributed by atoms with Gasteiger partial charge in [0.1, 0.15) is 11.0 Å². The van der Waals surface area contributed by atoms with Crippen LogP contribution < -0.4 is 11.1 Å². The Morgan fingerprint density at radius 2 is 2.10 bits per heavy atom. The maximum absolute atomic E-state index is 5.90. The molecule has 0 radical (unpaired) electrons. The van der Waals surface area contributed by atoms with E-state index in [2.05, 4.69) is 34.0 Å². The maximum atomic E-state index is 5.90. The summed E-state index contributed by atoms with van der Waals surface area (Å²) in [5.74, 6) is 1.50. The molecule has 0 bridgehead atoms. The highest BCUT2D eigenvalue weighted by molar-refractivity contribution is 6.29. The summed E-state index contributed by atoms with van der Waals surface area (Å²) in [6, 6.07) is 2.15. The molecule has 0 aliphatic carbocycles. The molecule has 0 spiro atoms. The second-order valence-electron chi connectivity index (χ2n) is 5.75. The number of ether oxygens (including phenoxy) is 1. The van der Waals surface area contributed by atoms with Crippen molar-refractivity contribution in [3.63, 3.8) is 0 Å². The van der Waals surface area contributed by atoms with Gasteiger partial charge in [0, 0.05) is 31.7 Å². The van der Waals surface area contributed by atoms with E-state index in [0.29, 0.717) is 22.9 Å². The molecule has 7 heteroatoms. The van der Waals surface area contributed by atoms with Gasteiger partial charge in [-0.05, 0) is 12.3 Å². The number of nitrogens with zero attached hydrogens (tertiary/aromatic N) is 3. The van der Waals surface area contributed by atoms with E-state index in [9.17, 15) is 0 Å². The number of nitrogens with one attached hydrogen (secondary N) is 1. The fraction of sp³-hybridized carbons (Fsp3) is 0.714. The van der Waals surface area contributed by atoms with E-state index in [-0.39, 0.29) is 5.95 Å². The average molecular weight is 314 g/mol. The second kappa shape index (κ2) is 7.77. The molecule has 0 amide bonds. The van der Waals surface area contributed by atoms with Crippen molar-refractivity contribution < 1.29 is 4.74 Å². The van der Waals surface area contributed by atoms with Crippen molar-refractivity contribution in [1.29, 1.82) is 0 Å². The molecule has 2 heterocycles. The first-order chi connectivity index (χ1) is 10.0. The predicted octanol–water partition coefficient (Wildman–Crippen LogP) is 1.87. The Morgan fingerprint density at radius 3 is 2.71 bits per heavy atom. The molecule has 0 unspecified atom stereocenters. The number of morpholine rings is 1. The lowest BCUT2D eigenvalue weighted by atomic mass is 10.0. The minimum Gasteiger partial charge on any atom is -0.379 e. The monoisotopic (exact) mass is 313 g/mol. The molecule has 6 nitrogen and oxygen atoms in total.